The number of nitrogen functional groups attached to an aromatic ring is 1. The van der Waals surface area contributed by atoms with Gasteiger partial charge in [0, 0.05) is 12.1 Å². The van der Waals surface area contributed by atoms with Gasteiger partial charge in [-0.05, 0) is 36.2 Å². The molecule has 78 valence electrons. The lowest BCUT2D eigenvalue weighted by Crippen LogP contribution is -2.19. The molecule has 1 heterocycles. The van der Waals surface area contributed by atoms with Crippen LogP contribution in [0.5, 0.6) is 0 Å². The summed E-state index contributed by atoms with van der Waals surface area (Å²) in [6, 6.07) is 2.42. The van der Waals surface area contributed by atoms with E-state index in [2.05, 4.69) is 30.5 Å². The molecule has 0 bridgehead atoms. The highest BCUT2D eigenvalue weighted by atomic mass is 32.1. The van der Waals surface area contributed by atoms with Gasteiger partial charge in [0.2, 0.25) is 0 Å². The second kappa shape index (κ2) is 3.12. The van der Waals surface area contributed by atoms with Crippen molar-refractivity contribution in [3.05, 3.63) is 6.07 Å². The molecule has 1 aliphatic rings. The van der Waals surface area contributed by atoms with Gasteiger partial charge in [-0.1, -0.05) is 13.8 Å². The van der Waals surface area contributed by atoms with E-state index in [1.807, 2.05) is 6.07 Å². The molecule has 1 aromatic rings. The maximum atomic E-state index is 5.56. The second-order valence-electron chi connectivity index (χ2n) is 4.85. The standard InChI is InChI=1S/C10H17N3S/c1-6(7-5-10(7,2)3)12-9-4-8(11)13-14-9/h4,6-7,12H,5H2,1-3H3,(H2,11,13). The number of hydrogen-bond acceptors (Lipinski definition) is 4. The fourth-order valence-corrected chi connectivity index (χ4v) is 2.71. The molecule has 2 unspecified atom stereocenters. The lowest BCUT2D eigenvalue weighted by Gasteiger charge is -2.14. The minimum absolute atomic E-state index is 0.517. The maximum absolute atomic E-state index is 5.56. The van der Waals surface area contributed by atoms with Crippen molar-refractivity contribution in [1.29, 1.82) is 0 Å². The van der Waals surface area contributed by atoms with Crippen LogP contribution in [-0.4, -0.2) is 10.4 Å². The van der Waals surface area contributed by atoms with Crippen molar-refractivity contribution < 1.29 is 0 Å². The zero-order valence-corrected chi connectivity index (χ0v) is 9.69. The molecule has 3 N–H and O–H groups in total. The van der Waals surface area contributed by atoms with Crippen LogP contribution in [0.15, 0.2) is 6.07 Å². The Morgan fingerprint density at radius 3 is 2.79 bits per heavy atom. The molecule has 1 aromatic heterocycles. The van der Waals surface area contributed by atoms with E-state index in [0.29, 0.717) is 17.3 Å². The van der Waals surface area contributed by atoms with Crippen LogP contribution in [0.4, 0.5) is 10.8 Å². The van der Waals surface area contributed by atoms with Gasteiger partial charge in [0.25, 0.3) is 0 Å². The first-order valence-electron chi connectivity index (χ1n) is 4.98. The zero-order chi connectivity index (χ0) is 10.3. The first kappa shape index (κ1) is 9.77. The van der Waals surface area contributed by atoms with Crippen molar-refractivity contribution in [2.45, 2.75) is 33.2 Å². The van der Waals surface area contributed by atoms with Crippen molar-refractivity contribution >= 4 is 22.4 Å². The Kier molecular flexibility index (Phi) is 2.18. The first-order chi connectivity index (χ1) is 6.49. The SMILES string of the molecule is CC(Nc1cc(N)ns1)C1CC1(C)C. The Bertz CT molecular complexity index is 332. The Balaban J connectivity index is 1.93. The second-order valence-corrected chi connectivity index (χ2v) is 5.65. The molecular formula is C10H17N3S. The fourth-order valence-electron chi connectivity index (χ4n) is 2.04. The molecule has 0 amide bonds. The van der Waals surface area contributed by atoms with E-state index in [-0.39, 0.29) is 0 Å². The minimum atomic E-state index is 0.517. The molecular weight excluding hydrogens is 194 g/mol. The van der Waals surface area contributed by atoms with Crippen molar-refractivity contribution in [3.8, 4) is 0 Å². The third-order valence-corrected chi connectivity index (χ3v) is 3.83. The smallest absolute Gasteiger partial charge is 0.139 e. The van der Waals surface area contributed by atoms with Gasteiger partial charge in [0.05, 0.1) is 0 Å². The number of hydrogen-bond donors (Lipinski definition) is 2. The predicted molar refractivity (Wildman–Crippen MR) is 61.5 cm³/mol. The molecule has 1 fully saturated rings. The van der Waals surface area contributed by atoms with E-state index >= 15 is 0 Å². The minimum Gasteiger partial charge on any atom is -0.383 e. The van der Waals surface area contributed by atoms with Crippen molar-refractivity contribution in [1.82, 2.24) is 4.37 Å². The van der Waals surface area contributed by atoms with Crippen molar-refractivity contribution in [2.75, 3.05) is 11.1 Å². The van der Waals surface area contributed by atoms with E-state index in [0.717, 1.165) is 10.9 Å². The summed E-state index contributed by atoms with van der Waals surface area (Å²) in [7, 11) is 0. The number of nitrogens with zero attached hydrogens (tertiary/aromatic N) is 1. The average Bonchev–Trinajstić information content (AvgIpc) is 2.51. The molecule has 0 aromatic carbocycles. The molecule has 4 heteroatoms. The van der Waals surface area contributed by atoms with Gasteiger partial charge in [-0.3, -0.25) is 0 Å². The number of nitrogens with one attached hydrogen (secondary N) is 1. The van der Waals surface area contributed by atoms with Gasteiger partial charge in [-0.2, -0.15) is 4.37 Å². The summed E-state index contributed by atoms with van der Waals surface area (Å²) in [5, 5.41) is 4.54. The van der Waals surface area contributed by atoms with Gasteiger partial charge < -0.3 is 11.1 Å². The molecule has 1 aliphatic carbocycles. The van der Waals surface area contributed by atoms with Gasteiger partial charge in [0.15, 0.2) is 0 Å². The Morgan fingerprint density at radius 2 is 2.36 bits per heavy atom. The van der Waals surface area contributed by atoms with Crippen LogP contribution in [0.1, 0.15) is 27.2 Å². The molecule has 3 nitrogen and oxygen atoms in total. The molecule has 1 saturated carbocycles. The van der Waals surface area contributed by atoms with Crippen LogP contribution in [-0.2, 0) is 0 Å². The van der Waals surface area contributed by atoms with Gasteiger partial charge >= 0.3 is 0 Å². The Labute approximate surface area is 88.9 Å². The summed E-state index contributed by atoms with van der Waals surface area (Å²) >= 11 is 1.44. The normalized spacial score (nSPS) is 25.8. The third kappa shape index (κ3) is 1.85. The Hall–Kier alpha value is -0.770. The summed E-state index contributed by atoms with van der Waals surface area (Å²) in [5.74, 6) is 1.39. The fraction of sp³-hybridized carbons (Fsp3) is 0.700. The monoisotopic (exact) mass is 211 g/mol. The number of aromatic nitrogens is 1. The lowest BCUT2D eigenvalue weighted by molar-refractivity contribution is 0.519. The summed E-state index contributed by atoms with van der Waals surface area (Å²) in [4.78, 5) is 0. The van der Waals surface area contributed by atoms with E-state index in [1.165, 1.54) is 18.0 Å². The molecule has 2 atom stereocenters. The Morgan fingerprint density at radius 1 is 1.71 bits per heavy atom. The highest BCUT2D eigenvalue weighted by Crippen LogP contribution is 2.54. The van der Waals surface area contributed by atoms with E-state index in [4.69, 9.17) is 5.73 Å². The molecule has 14 heavy (non-hydrogen) atoms. The van der Waals surface area contributed by atoms with Crippen LogP contribution in [0, 0.1) is 11.3 Å². The first-order valence-corrected chi connectivity index (χ1v) is 5.75. The largest absolute Gasteiger partial charge is 0.383 e. The third-order valence-electron chi connectivity index (χ3n) is 3.09. The van der Waals surface area contributed by atoms with Gasteiger partial charge in [-0.25, -0.2) is 0 Å². The molecule has 0 saturated heterocycles. The number of nitrogens with two attached hydrogens (primary N) is 1. The van der Waals surface area contributed by atoms with E-state index < -0.39 is 0 Å². The summed E-state index contributed by atoms with van der Waals surface area (Å²) in [6.07, 6.45) is 1.31. The molecule has 0 radical (unpaired) electrons. The maximum Gasteiger partial charge on any atom is 0.139 e. The van der Waals surface area contributed by atoms with Gasteiger partial charge in [-0.15, -0.1) is 0 Å². The summed E-state index contributed by atoms with van der Waals surface area (Å²) < 4.78 is 4.04. The van der Waals surface area contributed by atoms with Crippen LogP contribution >= 0.6 is 11.5 Å². The van der Waals surface area contributed by atoms with E-state index in [9.17, 15) is 0 Å². The summed E-state index contributed by atoms with van der Waals surface area (Å²) in [6.45, 7) is 6.86. The van der Waals surface area contributed by atoms with Crippen LogP contribution in [0.3, 0.4) is 0 Å². The number of anilines is 2. The highest BCUT2D eigenvalue weighted by molar-refractivity contribution is 7.10. The quantitative estimate of drug-likeness (QED) is 0.808. The zero-order valence-electron chi connectivity index (χ0n) is 8.87. The topological polar surface area (TPSA) is 50.9 Å². The van der Waals surface area contributed by atoms with Gasteiger partial charge in [0.1, 0.15) is 10.8 Å². The average molecular weight is 211 g/mol. The molecule has 0 aliphatic heterocycles. The number of rotatable bonds is 3. The van der Waals surface area contributed by atoms with Crippen molar-refractivity contribution in [2.24, 2.45) is 11.3 Å². The molecule has 2 rings (SSSR count). The predicted octanol–water partition coefficient (Wildman–Crippen LogP) is 2.57. The summed E-state index contributed by atoms with van der Waals surface area (Å²) in [5.41, 5.74) is 6.08. The molecule has 0 spiro atoms. The van der Waals surface area contributed by atoms with E-state index in [1.54, 1.807) is 0 Å². The highest BCUT2D eigenvalue weighted by Gasteiger charge is 2.48. The van der Waals surface area contributed by atoms with Crippen LogP contribution in [0.2, 0.25) is 0 Å². The van der Waals surface area contributed by atoms with Crippen molar-refractivity contribution in [3.63, 3.8) is 0 Å². The van der Waals surface area contributed by atoms with Crippen LogP contribution < -0.4 is 11.1 Å². The lowest BCUT2D eigenvalue weighted by atomic mass is 10.1. The van der Waals surface area contributed by atoms with Crippen LogP contribution in [0.25, 0.3) is 0 Å².